The van der Waals surface area contributed by atoms with Crippen molar-refractivity contribution >= 4 is 46.4 Å². The Labute approximate surface area is 172 Å². The molecule has 2 aromatic rings. The lowest BCUT2D eigenvalue weighted by molar-refractivity contribution is -0.122. The van der Waals surface area contributed by atoms with E-state index in [0.29, 0.717) is 28.5 Å². The lowest BCUT2D eigenvalue weighted by atomic mass is 10.1. The quantitative estimate of drug-likeness (QED) is 0.467. The van der Waals surface area contributed by atoms with Crippen LogP contribution in [0.1, 0.15) is 29.3 Å². The van der Waals surface area contributed by atoms with Crippen molar-refractivity contribution < 1.29 is 19.1 Å². The highest BCUT2D eigenvalue weighted by atomic mass is 35.5. The highest BCUT2D eigenvalue weighted by Gasteiger charge is 2.36. The first kappa shape index (κ1) is 20.2. The normalized spacial score (nSPS) is 15.4. The van der Waals surface area contributed by atoms with Crippen LogP contribution in [0.5, 0.6) is 5.75 Å². The van der Waals surface area contributed by atoms with Crippen molar-refractivity contribution in [1.29, 1.82) is 0 Å². The first-order valence-corrected chi connectivity index (χ1v) is 9.95. The number of hydrogen-bond acceptors (Lipinski definition) is 5. The fourth-order valence-electron chi connectivity index (χ4n) is 2.59. The average Bonchev–Trinajstić information content (AvgIpc) is 2.95. The molecule has 0 bridgehead atoms. The zero-order chi connectivity index (χ0) is 20.1. The molecule has 28 heavy (non-hydrogen) atoms. The molecule has 7 heteroatoms. The number of benzene rings is 2. The van der Waals surface area contributed by atoms with Crippen LogP contribution in [-0.4, -0.2) is 35.0 Å². The summed E-state index contributed by atoms with van der Waals surface area (Å²) in [7, 11) is 0. The standard InChI is InChI=1S/C21H18ClNO4S/c1-2-11-27-18-6-4-3-5-15(18)12-19-20(25)23(21(26)28-19)13-17(24)14-7-9-16(22)10-8-14/h3-10,12H,2,11,13H2,1H3/b19-12+. The number of Topliss-reactive ketones (excluding diaryl/α,β-unsaturated/α-hetero) is 1. The van der Waals surface area contributed by atoms with Crippen LogP contribution in [-0.2, 0) is 4.79 Å². The second-order valence-electron chi connectivity index (χ2n) is 6.08. The maximum Gasteiger partial charge on any atom is 0.293 e. The Morgan fingerprint density at radius 2 is 1.86 bits per heavy atom. The third-order valence-corrected chi connectivity index (χ3v) is 5.17. The summed E-state index contributed by atoms with van der Waals surface area (Å²) in [4.78, 5) is 38.6. The number of thioether (sulfide) groups is 1. The van der Waals surface area contributed by atoms with Gasteiger partial charge >= 0.3 is 0 Å². The van der Waals surface area contributed by atoms with Crippen molar-refractivity contribution in [3.63, 3.8) is 0 Å². The fraction of sp³-hybridized carbons (Fsp3) is 0.190. The molecule has 5 nitrogen and oxygen atoms in total. The summed E-state index contributed by atoms with van der Waals surface area (Å²) >= 11 is 6.64. The summed E-state index contributed by atoms with van der Waals surface area (Å²) in [5.74, 6) is -0.164. The summed E-state index contributed by atoms with van der Waals surface area (Å²) in [6.45, 7) is 2.26. The molecule has 0 unspecified atom stereocenters. The number of halogens is 1. The van der Waals surface area contributed by atoms with Crippen molar-refractivity contribution in [2.75, 3.05) is 13.2 Å². The van der Waals surface area contributed by atoms with Crippen LogP contribution >= 0.6 is 23.4 Å². The number of ether oxygens (including phenoxy) is 1. The van der Waals surface area contributed by atoms with E-state index in [9.17, 15) is 14.4 Å². The molecule has 1 aliphatic rings. The highest BCUT2D eigenvalue weighted by Crippen LogP contribution is 2.34. The number of rotatable bonds is 7. The third-order valence-electron chi connectivity index (χ3n) is 4.01. The maximum atomic E-state index is 12.7. The van der Waals surface area contributed by atoms with Crippen LogP contribution in [0.4, 0.5) is 4.79 Å². The van der Waals surface area contributed by atoms with Gasteiger partial charge in [-0.3, -0.25) is 19.3 Å². The second-order valence-corrected chi connectivity index (χ2v) is 7.51. The molecule has 0 aromatic heterocycles. The van der Waals surface area contributed by atoms with Gasteiger partial charge in [-0.2, -0.15) is 0 Å². The van der Waals surface area contributed by atoms with E-state index >= 15 is 0 Å². The van der Waals surface area contributed by atoms with E-state index in [2.05, 4.69) is 0 Å². The van der Waals surface area contributed by atoms with Gasteiger partial charge in [-0.25, -0.2) is 0 Å². The SMILES string of the molecule is CCCOc1ccccc1/C=C1/SC(=O)N(CC(=O)c2ccc(Cl)cc2)C1=O. The van der Waals surface area contributed by atoms with Crippen molar-refractivity contribution in [3.8, 4) is 5.75 Å². The topological polar surface area (TPSA) is 63.7 Å². The first-order valence-electron chi connectivity index (χ1n) is 8.75. The summed E-state index contributed by atoms with van der Waals surface area (Å²) in [6.07, 6.45) is 2.49. The van der Waals surface area contributed by atoms with Crippen LogP contribution < -0.4 is 4.74 Å². The summed E-state index contributed by atoms with van der Waals surface area (Å²) in [6, 6.07) is 13.6. The summed E-state index contributed by atoms with van der Waals surface area (Å²) in [5.41, 5.74) is 1.11. The van der Waals surface area contributed by atoms with Gasteiger partial charge < -0.3 is 4.74 Å². The van der Waals surface area contributed by atoms with Gasteiger partial charge in [0, 0.05) is 16.1 Å². The largest absolute Gasteiger partial charge is 0.493 e. The molecule has 0 spiro atoms. The number of nitrogens with zero attached hydrogens (tertiary/aromatic N) is 1. The predicted octanol–water partition coefficient (Wildman–Crippen LogP) is 5.05. The van der Waals surface area contributed by atoms with Gasteiger partial charge in [0.05, 0.1) is 18.1 Å². The second kappa shape index (κ2) is 9.08. The van der Waals surface area contributed by atoms with Crippen LogP contribution in [0, 0.1) is 0 Å². The minimum atomic E-state index is -0.484. The molecule has 1 saturated heterocycles. The lowest BCUT2D eigenvalue weighted by Crippen LogP contribution is -2.33. The van der Waals surface area contributed by atoms with Crippen molar-refractivity contribution in [1.82, 2.24) is 4.90 Å². The molecule has 0 radical (unpaired) electrons. The van der Waals surface area contributed by atoms with E-state index < -0.39 is 11.1 Å². The fourth-order valence-corrected chi connectivity index (χ4v) is 3.55. The van der Waals surface area contributed by atoms with Gasteiger partial charge in [0.1, 0.15) is 5.75 Å². The molecular formula is C21H18ClNO4S. The first-order chi connectivity index (χ1) is 13.5. The molecule has 2 aromatic carbocycles. The lowest BCUT2D eigenvalue weighted by Gasteiger charge is -2.11. The van der Waals surface area contributed by atoms with Crippen LogP contribution in [0.3, 0.4) is 0 Å². The zero-order valence-electron chi connectivity index (χ0n) is 15.2. The molecule has 0 saturated carbocycles. The Kier molecular flexibility index (Phi) is 6.54. The molecule has 0 aliphatic carbocycles. The van der Waals surface area contributed by atoms with Gasteiger partial charge in [0.25, 0.3) is 11.1 Å². The Morgan fingerprint density at radius 3 is 2.57 bits per heavy atom. The predicted molar refractivity (Wildman–Crippen MR) is 111 cm³/mol. The van der Waals surface area contributed by atoms with E-state index in [1.165, 1.54) is 0 Å². The Bertz CT molecular complexity index is 940. The van der Waals surface area contributed by atoms with Gasteiger partial charge in [-0.1, -0.05) is 36.7 Å². The van der Waals surface area contributed by atoms with E-state index in [1.807, 2.05) is 31.2 Å². The Morgan fingerprint density at radius 1 is 1.14 bits per heavy atom. The molecule has 1 fully saturated rings. The van der Waals surface area contributed by atoms with Gasteiger partial charge in [0.2, 0.25) is 0 Å². The molecule has 0 atom stereocenters. The van der Waals surface area contributed by atoms with Gasteiger partial charge in [0.15, 0.2) is 5.78 Å². The summed E-state index contributed by atoms with van der Waals surface area (Å²) in [5, 5.41) is 0.0418. The molecule has 2 amide bonds. The minimum Gasteiger partial charge on any atom is -0.493 e. The average molecular weight is 416 g/mol. The molecular weight excluding hydrogens is 398 g/mol. The monoisotopic (exact) mass is 415 g/mol. The number of carbonyl (C=O) groups is 3. The molecule has 1 heterocycles. The van der Waals surface area contributed by atoms with Gasteiger partial charge in [-0.15, -0.1) is 0 Å². The van der Waals surface area contributed by atoms with E-state index in [1.54, 1.807) is 30.3 Å². The molecule has 3 rings (SSSR count). The highest BCUT2D eigenvalue weighted by molar-refractivity contribution is 8.18. The smallest absolute Gasteiger partial charge is 0.293 e. The van der Waals surface area contributed by atoms with E-state index in [-0.39, 0.29) is 17.2 Å². The number of para-hydroxylation sites is 1. The Hall–Kier alpha value is -2.57. The zero-order valence-corrected chi connectivity index (χ0v) is 16.8. The van der Waals surface area contributed by atoms with Crippen LogP contribution in [0.25, 0.3) is 6.08 Å². The molecule has 144 valence electrons. The van der Waals surface area contributed by atoms with Gasteiger partial charge in [-0.05, 0) is 54.6 Å². The molecule has 0 N–H and O–H groups in total. The van der Waals surface area contributed by atoms with E-state index in [4.69, 9.17) is 16.3 Å². The van der Waals surface area contributed by atoms with Crippen molar-refractivity contribution in [2.45, 2.75) is 13.3 Å². The van der Waals surface area contributed by atoms with Crippen LogP contribution in [0.15, 0.2) is 53.4 Å². The summed E-state index contributed by atoms with van der Waals surface area (Å²) < 4.78 is 5.69. The minimum absolute atomic E-state index is 0.265. The number of ketones is 1. The Balaban J connectivity index is 1.77. The number of amides is 2. The van der Waals surface area contributed by atoms with Crippen molar-refractivity contribution in [3.05, 3.63) is 69.6 Å². The third kappa shape index (κ3) is 4.64. The number of carbonyl (C=O) groups excluding carboxylic acids is 3. The molecule has 1 aliphatic heterocycles. The van der Waals surface area contributed by atoms with Crippen molar-refractivity contribution in [2.24, 2.45) is 0 Å². The van der Waals surface area contributed by atoms with E-state index in [0.717, 1.165) is 23.1 Å². The number of hydrogen-bond donors (Lipinski definition) is 0. The van der Waals surface area contributed by atoms with Crippen LogP contribution in [0.2, 0.25) is 5.02 Å². The number of imide groups is 1. The maximum absolute atomic E-state index is 12.7.